The first-order chi connectivity index (χ1) is 10.1. The number of para-hydroxylation sites is 1. The summed E-state index contributed by atoms with van der Waals surface area (Å²) in [6.45, 7) is 2.52. The molecule has 21 heavy (non-hydrogen) atoms. The molecule has 5 nitrogen and oxygen atoms in total. The minimum atomic E-state index is -0.875. The van der Waals surface area contributed by atoms with Crippen molar-refractivity contribution in [3.05, 3.63) is 35.6 Å². The number of aliphatic carboxylic acids is 1. The lowest BCUT2D eigenvalue weighted by molar-refractivity contribution is -0.137. The van der Waals surface area contributed by atoms with Gasteiger partial charge in [0.1, 0.15) is 5.58 Å². The van der Waals surface area contributed by atoms with E-state index in [9.17, 15) is 9.59 Å². The number of likely N-dealkylation sites (tertiary alicyclic amines) is 1. The van der Waals surface area contributed by atoms with Crippen LogP contribution in [0.3, 0.4) is 0 Å². The van der Waals surface area contributed by atoms with Gasteiger partial charge in [0.05, 0.1) is 6.42 Å². The van der Waals surface area contributed by atoms with Crippen LogP contribution in [0.15, 0.2) is 28.7 Å². The molecule has 2 heterocycles. The lowest BCUT2D eigenvalue weighted by Gasteiger charge is -2.22. The Morgan fingerprint density at radius 2 is 2.24 bits per heavy atom. The molecule has 1 saturated heterocycles. The van der Waals surface area contributed by atoms with Gasteiger partial charge >= 0.3 is 5.97 Å². The van der Waals surface area contributed by atoms with E-state index in [4.69, 9.17) is 9.52 Å². The molecule has 3 rings (SSSR count). The zero-order valence-corrected chi connectivity index (χ0v) is 11.8. The molecule has 1 amide bonds. The van der Waals surface area contributed by atoms with Crippen molar-refractivity contribution < 1.29 is 19.1 Å². The van der Waals surface area contributed by atoms with Gasteiger partial charge in [0.25, 0.3) is 5.91 Å². The van der Waals surface area contributed by atoms with Gasteiger partial charge < -0.3 is 14.4 Å². The van der Waals surface area contributed by atoms with E-state index in [-0.39, 0.29) is 24.1 Å². The second-order valence-corrected chi connectivity index (χ2v) is 5.50. The summed E-state index contributed by atoms with van der Waals surface area (Å²) in [6, 6.07) is 7.26. The van der Waals surface area contributed by atoms with Gasteiger partial charge in [-0.3, -0.25) is 9.59 Å². The van der Waals surface area contributed by atoms with Crippen LogP contribution >= 0.6 is 0 Å². The van der Waals surface area contributed by atoms with Crippen molar-refractivity contribution in [1.29, 1.82) is 0 Å². The van der Waals surface area contributed by atoms with Gasteiger partial charge in [-0.1, -0.05) is 18.2 Å². The van der Waals surface area contributed by atoms with Crippen LogP contribution < -0.4 is 0 Å². The lowest BCUT2D eigenvalue weighted by atomic mass is 10.1. The summed E-state index contributed by atoms with van der Waals surface area (Å²) in [4.78, 5) is 25.1. The van der Waals surface area contributed by atoms with Gasteiger partial charge in [0.15, 0.2) is 5.76 Å². The fourth-order valence-corrected chi connectivity index (χ4v) is 2.97. The number of hydrogen-bond acceptors (Lipinski definition) is 3. The van der Waals surface area contributed by atoms with Crippen molar-refractivity contribution in [2.24, 2.45) is 0 Å². The summed E-state index contributed by atoms with van der Waals surface area (Å²) >= 11 is 0. The average molecular weight is 287 g/mol. The van der Waals surface area contributed by atoms with E-state index >= 15 is 0 Å². The smallest absolute Gasteiger partial charge is 0.305 e. The van der Waals surface area contributed by atoms with Crippen molar-refractivity contribution in [2.45, 2.75) is 32.2 Å². The van der Waals surface area contributed by atoms with E-state index < -0.39 is 5.97 Å². The number of carbonyl (C=O) groups excluding carboxylic acids is 1. The molecule has 1 fully saturated rings. The van der Waals surface area contributed by atoms with Crippen LogP contribution in [0.5, 0.6) is 0 Å². The van der Waals surface area contributed by atoms with Gasteiger partial charge in [-0.2, -0.15) is 0 Å². The Labute approximate surface area is 122 Å². The van der Waals surface area contributed by atoms with Crippen molar-refractivity contribution in [3.63, 3.8) is 0 Å². The molecule has 5 heteroatoms. The summed E-state index contributed by atoms with van der Waals surface area (Å²) in [5.41, 5.74) is 1.70. The number of rotatable bonds is 3. The third kappa shape index (κ3) is 2.51. The first-order valence-corrected chi connectivity index (χ1v) is 7.08. The lowest BCUT2D eigenvalue weighted by Crippen LogP contribution is -2.36. The van der Waals surface area contributed by atoms with Crippen LogP contribution in [-0.2, 0) is 4.79 Å². The van der Waals surface area contributed by atoms with Gasteiger partial charge in [0.2, 0.25) is 0 Å². The number of carbonyl (C=O) groups is 2. The molecule has 0 bridgehead atoms. The highest BCUT2D eigenvalue weighted by Crippen LogP contribution is 2.27. The number of aryl methyl sites for hydroxylation is 1. The molecule has 1 aliphatic heterocycles. The molecule has 0 spiro atoms. The van der Waals surface area contributed by atoms with Gasteiger partial charge in [-0.15, -0.1) is 0 Å². The molecule has 1 N–H and O–H groups in total. The SMILES string of the molecule is Cc1cccc2cc(C(=O)N3CCCC3CC(=O)O)oc12. The minimum absolute atomic E-state index is 0.00893. The molecular weight excluding hydrogens is 270 g/mol. The fourth-order valence-electron chi connectivity index (χ4n) is 2.97. The maximum Gasteiger partial charge on any atom is 0.305 e. The third-order valence-electron chi connectivity index (χ3n) is 4.00. The molecule has 0 radical (unpaired) electrons. The largest absolute Gasteiger partial charge is 0.481 e. The number of hydrogen-bond donors (Lipinski definition) is 1. The number of furan rings is 1. The Hall–Kier alpha value is -2.30. The third-order valence-corrected chi connectivity index (χ3v) is 4.00. The predicted molar refractivity (Wildman–Crippen MR) is 77.3 cm³/mol. The fraction of sp³-hybridized carbons (Fsp3) is 0.375. The van der Waals surface area contributed by atoms with E-state index in [1.807, 2.05) is 25.1 Å². The van der Waals surface area contributed by atoms with E-state index in [0.717, 1.165) is 29.4 Å². The molecule has 1 unspecified atom stereocenters. The molecule has 1 atom stereocenters. The van der Waals surface area contributed by atoms with Crippen LogP contribution in [-0.4, -0.2) is 34.5 Å². The van der Waals surface area contributed by atoms with Crippen LogP contribution in [0.1, 0.15) is 35.4 Å². The maximum absolute atomic E-state index is 12.6. The number of amides is 1. The van der Waals surface area contributed by atoms with Crippen LogP contribution in [0.25, 0.3) is 11.0 Å². The second kappa shape index (κ2) is 5.24. The van der Waals surface area contributed by atoms with E-state index in [0.29, 0.717) is 6.54 Å². The van der Waals surface area contributed by atoms with Crippen molar-refractivity contribution in [1.82, 2.24) is 4.90 Å². The quantitative estimate of drug-likeness (QED) is 0.942. The van der Waals surface area contributed by atoms with Crippen molar-refractivity contribution in [3.8, 4) is 0 Å². The average Bonchev–Trinajstić information content (AvgIpc) is 3.04. The molecular formula is C16H17NO4. The van der Waals surface area contributed by atoms with Crippen molar-refractivity contribution >= 4 is 22.8 Å². The Morgan fingerprint density at radius 1 is 1.43 bits per heavy atom. The maximum atomic E-state index is 12.6. The Morgan fingerprint density at radius 3 is 2.95 bits per heavy atom. The zero-order valence-electron chi connectivity index (χ0n) is 11.8. The Bertz CT molecular complexity index is 703. The van der Waals surface area contributed by atoms with Crippen LogP contribution in [0.2, 0.25) is 0 Å². The highest BCUT2D eigenvalue weighted by Gasteiger charge is 2.32. The number of carboxylic acid groups (broad SMARTS) is 1. The van der Waals surface area contributed by atoms with E-state index in [1.165, 1.54) is 0 Å². The summed E-state index contributed by atoms with van der Waals surface area (Å²) in [7, 11) is 0. The normalized spacial score (nSPS) is 18.3. The monoisotopic (exact) mass is 287 g/mol. The molecule has 2 aromatic rings. The molecule has 0 aliphatic carbocycles. The van der Waals surface area contributed by atoms with Gasteiger partial charge in [-0.05, 0) is 31.4 Å². The molecule has 1 aromatic heterocycles. The molecule has 110 valence electrons. The summed E-state index contributed by atoms with van der Waals surface area (Å²) < 4.78 is 5.69. The first kappa shape index (κ1) is 13.7. The Balaban J connectivity index is 1.89. The highest BCUT2D eigenvalue weighted by atomic mass is 16.4. The summed E-state index contributed by atoms with van der Waals surface area (Å²) in [5.74, 6) is -0.800. The first-order valence-electron chi connectivity index (χ1n) is 7.08. The van der Waals surface area contributed by atoms with Crippen LogP contribution in [0, 0.1) is 6.92 Å². The standard InChI is InChI=1S/C16H17NO4/c1-10-4-2-5-11-8-13(21-15(10)11)16(20)17-7-3-6-12(17)9-14(18)19/h2,4-5,8,12H,3,6-7,9H2,1H3,(H,18,19). The molecule has 1 aliphatic rings. The van der Waals surface area contributed by atoms with Crippen molar-refractivity contribution in [2.75, 3.05) is 6.54 Å². The summed E-state index contributed by atoms with van der Waals surface area (Å²) in [5, 5.41) is 9.83. The van der Waals surface area contributed by atoms with E-state index in [1.54, 1.807) is 11.0 Å². The van der Waals surface area contributed by atoms with Crippen LogP contribution in [0.4, 0.5) is 0 Å². The number of benzene rings is 1. The molecule has 0 saturated carbocycles. The van der Waals surface area contributed by atoms with E-state index in [2.05, 4.69) is 0 Å². The zero-order chi connectivity index (χ0) is 15.0. The van der Waals surface area contributed by atoms with Gasteiger partial charge in [0, 0.05) is 18.0 Å². The predicted octanol–water partition coefficient (Wildman–Crippen LogP) is 2.82. The Kier molecular flexibility index (Phi) is 3.41. The van der Waals surface area contributed by atoms with Gasteiger partial charge in [-0.25, -0.2) is 0 Å². The highest BCUT2D eigenvalue weighted by molar-refractivity contribution is 5.97. The number of fused-ring (bicyclic) bond motifs is 1. The number of carboxylic acids is 1. The second-order valence-electron chi connectivity index (χ2n) is 5.50. The summed E-state index contributed by atoms with van der Waals surface area (Å²) in [6.07, 6.45) is 1.56. The number of nitrogens with zero attached hydrogens (tertiary/aromatic N) is 1. The topological polar surface area (TPSA) is 70.8 Å². The minimum Gasteiger partial charge on any atom is -0.481 e. The molecule has 1 aromatic carbocycles.